The lowest BCUT2D eigenvalue weighted by molar-refractivity contribution is 0.0975. The number of ether oxygens (including phenoxy) is 1. The highest BCUT2D eigenvalue weighted by Gasteiger charge is 2.28. The fourth-order valence-electron chi connectivity index (χ4n) is 3.35. The van der Waals surface area contributed by atoms with E-state index in [9.17, 15) is 13.2 Å². The molecule has 0 aliphatic heterocycles. The molecule has 0 saturated carbocycles. The maximum atomic E-state index is 12.6. The largest absolute Gasteiger partial charge is 0.493 e. The second-order valence-electron chi connectivity index (χ2n) is 8.23. The van der Waals surface area contributed by atoms with Gasteiger partial charge in [0.15, 0.2) is 22.2 Å². The van der Waals surface area contributed by atoms with Crippen LogP contribution in [-0.4, -0.2) is 42.8 Å². The SMILES string of the molecule is CCN(c1ccc(C(=O)NS(=O)(=O)c2c(C)noc2C)nn1)[C@@H](Cl)c1ccccc1OCC(C)C. The third-order valence-corrected chi connectivity index (χ3v) is 7.05. The fraction of sp³-hybridized carbons (Fsp3) is 0.391. The van der Waals surface area contributed by atoms with Gasteiger partial charge in [-0.25, -0.2) is 13.1 Å². The van der Waals surface area contributed by atoms with Crippen molar-refractivity contribution >= 4 is 33.3 Å². The highest BCUT2D eigenvalue weighted by molar-refractivity contribution is 7.90. The lowest BCUT2D eigenvalue weighted by atomic mass is 10.1. The molecule has 2 heterocycles. The average molecular weight is 522 g/mol. The molecule has 0 unspecified atom stereocenters. The first-order valence-electron chi connectivity index (χ1n) is 11.0. The highest BCUT2D eigenvalue weighted by atomic mass is 35.5. The van der Waals surface area contributed by atoms with E-state index in [1.54, 1.807) is 11.0 Å². The van der Waals surface area contributed by atoms with Gasteiger partial charge in [0, 0.05) is 12.1 Å². The molecule has 10 nitrogen and oxygen atoms in total. The van der Waals surface area contributed by atoms with Crippen molar-refractivity contribution in [3.05, 3.63) is 59.1 Å². The van der Waals surface area contributed by atoms with Gasteiger partial charge in [-0.2, -0.15) is 0 Å². The first-order chi connectivity index (χ1) is 16.5. The molecule has 0 fully saturated rings. The monoisotopic (exact) mass is 521 g/mol. The normalized spacial score (nSPS) is 12.4. The Morgan fingerprint density at radius 1 is 1.17 bits per heavy atom. The van der Waals surface area contributed by atoms with E-state index < -0.39 is 21.4 Å². The van der Waals surface area contributed by atoms with Crippen LogP contribution in [0.1, 0.15) is 53.8 Å². The van der Waals surface area contributed by atoms with Gasteiger partial charge in [0.05, 0.1) is 6.61 Å². The second-order valence-corrected chi connectivity index (χ2v) is 10.3. The van der Waals surface area contributed by atoms with E-state index in [1.165, 1.54) is 19.9 Å². The van der Waals surface area contributed by atoms with Gasteiger partial charge in [-0.05, 0) is 44.9 Å². The van der Waals surface area contributed by atoms with Crippen LogP contribution in [0.2, 0.25) is 0 Å². The number of carbonyl (C=O) groups is 1. The maximum Gasteiger partial charge on any atom is 0.285 e. The summed E-state index contributed by atoms with van der Waals surface area (Å²) in [6, 6.07) is 10.4. The standard InChI is InChI=1S/C23H28ClN5O5S/c1-6-29(22(24)17-9-7-8-10-19(17)33-13-14(2)3)20-12-11-18(25-26-20)23(30)28-35(31,32)21-15(4)27-34-16(21)5/h7-12,14,22H,6,13H2,1-5H3,(H,28,30)/t22-/m1/s1. The minimum atomic E-state index is -4.19. The first-order valence-corrected chi connectivity index (χ1v) is 12.9. The van der Waals surface area contributed by atoms with Crippen molar-refractivity contribution in [1.29, 1.82) is 0 Å². The van der Waals surface area contributed by atoms with Crippen molar-refractivity contribution in [1.82, 2.24) is 20.1 Å². The molecule has 0 spiro atoms. The van der Waals surface area contributed by atoms with Crippen molar-refractivity contribution < 1.29 is 22.5 Å². The Labute approximate surface area is 209 Å². The number of sulfonamides is 1. The lowest BCUT2D eigenvalue weighted by Crippen LogP contribution is -2.32. The van der Waals surface area contributed by atoms with Crippen LogP contribution in [0.15, 0.2) is 45.8 Å². The number of aryl methyl sites for hydroxylation is 2. The van der Waals surface area contributed by atoms with Gasteiger partial charge in [0.25, 0.3) is 15.9 Å². The minimum absolute atomic E-state index is 0.0774. The molecule has 0 aliphatic carbocycles. The van der Waals surface area contributed by atoms with Crippen LogP contribution in [0.25, 0.3) is 0 Å². The number of aromatic nitrogens is 3. The molecule has 1 aromatic carbocycles. The number of rotatable bonds is 10. The van der Waals surface area contributed by atoms with Crippen LogP contribution in [0.4, 0.5) is 5.82 Å². The fourth-order valence-corrected chi connectivity index (χ4v) is 5.07. The molecule has 188 valence electrons. The highest BCUT2D eigenvalue weighted by Crippen LogP contribution is 2.34. The Morgan fingerprint density at radius 3 is 2.46 bits per heavy atom. The number of nitrogens with one attached hydrogen (secondary N) is 1. The van der Waals surface area contributed by atoms with Crippen molar-refractivity contribution in [3.8, 4) is 5.75 Å². The molecule has 0 bridgehead atoms. The topological polar surface area (TPSA) is 128 Å². The zero-order valence-electron chi connectivity index (χ0n) is 20.1. The van der Waals surface area contributed by atoms with Gasteiger partial charge < -0.3 is 14.2 Å². The van der Waals surface area contributed by atoms with Gasteiger partial charge in [0.2, 0.25) is 0 Å². The van der Waals surface area contributed by atoms with E-state index in [0.717, 1.165) is 5.56 Å². The third kappa shape index (κ3) is 6.09. The predicted octanol–water partition coefficient (Wildman–Crippen LogP) is 4.00. The Morgan fingerprint density at radius 2 is 1.89 bits per heavy atom. The minimum Gasteiger partial charge on any atom is -0.493 e. The van der Waals surface area contributed by atoms with Gasteiger partial charge in [0.1, 0.15) is 16.9 Å². The van der Waals surface area contributed by atoms with Gasteiger partial charge in [-0.15, -0.1) is 10.2 Å². The second kappa shape index (κ2) is 11.0. The van der Waals surface area contributed by atoms with E-state index in [-0.39, 0.29) is 22.0 Å². The van der Waals surface area contributed by atoms with E-state index in [1.807, 2.05) is 35.9 Å². The van der Waals surface area contributed by atoms with Gasteiger partial charge >= 0.3 is 0 Å². The molecular formula is C23H28ClN5O5S. The Bertz CT molecular complexity index is 1260. The first kappa shape index (κ1) is 26.4. The average Bonchev–Trinajstić information content (AvgIpc) is 3.17. The quantitative estimate of drug-likeness (QED) is 0.311. The van der Waals surface area contributed by atoms with Crippen molar-refractivity contribution in [2.75, 3.05) is 18.1 Å². The summed E-state index contributed by atoms with van der Waals surface area (Å²) in [5.74, 6) is 0.588. The van der Waals surface area contributed by atoms with E-state index in [0.29, 0.717) is 30.6 Å². The van der Waals surface area contributed by atoms with Gasteiger partial charge in [-0.1, -0.05) is 48.8 Å². The molecule has 0 aliphatic rings. The summed E-state index contributed by atoms with van der Waals surface area (Å²) >= 11 is 6.81. The number of benzene rings is 1. The number of amides is 1. The Balaban J connectivity index is 1.79. The number of para-hydroxylation sites is 1. The number of hydrogen-bond donors (Lipinski definition) is 1. The predicted molar refractivity (Wildman–Crippen MR) is 131 cm³/mol. The molecule has 2 aromatic heterocycles. The number of carbonyl (C=O) groups excluding carboxylic acids is 1. The zero-order chi connectivity index (χ0) is 25.8. The Hall–Kier alpha value is -3.18. The van der Waals surface area contributed by atoms with Crippen LogP contribution in [0, 0.1) is 19.8 Å². The molecule has 1 atom stereocenters. The summed E-state index contributed by atoms with van der Waals surface area (Å²) < 4.78 is 38.0. The molecule has 0 saturated heterocycles. The van der Waals surface area contributed by atoms with Crippen molar-refractivity contribution in [3.63, 3.8) is 0 Å². The van der Waals surface area contributed by atoms with Crippen molar-refractivity contribution in [2.45, 2.75) is 45.0 Å². The number of halogens is 1. The summed E-state index contributed by atoms with van der Waals surface area (Å²) in [5.41, 5.74) is 0.128. The van der Waals surface area contributed by atoms with Crippen LogP contribution < -0.4 is 14.4 Å². The van der Waals surface area contributed by atoms with Crippen LogP contribution in [0.3, 0.4) is 0 Å². The van der Waals surface area contributed by atoms with E-state index in [2.05, 4.69) is 29.2 Å². The summed E-state index contributed by atoms with van der Waals surface area (Å²) in [7, 11) is -4.19. The molecule has 12 heteroatoms. The molecular weight excluding hydrogens is 494 g/mol. The summed E-state index contributed by atoms with van der Waals surface area (Å²) in [6.45, 7) is 9.99. The lowest BCUT2D eigenvalue weighted by Gasteiger charge is -2.28. The van der Waals surface area contributed by atoms with Gasteiger partial charge in [-0.3, -0.25) is 4.79 Å². The summed E-state index contributed by atoms with van der Waals surface area (Å²) in [5, 5.41) is 11.6. The number of anilines is 1. The third-order valence-electron chi connectivity index (χ3n) is 5.00. The molecule has 0 radical (unpaired) electrons. The number of hydrogen-bond acceptors (Lipinski definition) is 9. The number of alkyl halides is 1. The number of nitrogens with zero attached hydrogens (tertiary/aromatic N) is 4. The Kier molecular flexibility index (Phi) is 8.34. The van der Waals surface area contributed by atoms with E-state index in [4.69, 9.17) is 20.9 Å². The summed E-state index contributed by atoms with van der Waals surface area (Å²) in [4.78, 5) is 14.2. The summed E-state index contributed by atoms with van der Waals surface area (Å²) in [6.07, 6.45) is 0. The maximum absolute atomic E-state index is 12.6. The smallest absolute Gasteiger partial charge is 0.285 e. The van der Waals surface area contributed by atoms with Crippen LogP contribution in [-0.2, 0) is 10.0 Å². The van der Waals surface area contributed by atoms with Crippen molar-refractivity contribution in [2.24, 2.45) is 5.92 Å². The molecule has 1 N–H and O–H groups in total. The van der Waals surface area contributed by atoms with Crippen LogP contribution in [0.5, 0.6) is 5.75 Å². The molecule has 3 rings (SSSR count). The van der Waals surface area contributed by atoms with E-state index >= 15 is 0 Å². The molecule has 35 heavy (non-hydrogen) atoms. The molecule has 3 aromatic rings. The molecule has 1 amide bonds. The zero-order valence-corrected chi connectivity index (χ0v) is 21.7. The van der Waals surface area contributed by atoms with Crippen LogP contribution >= 0.6 is 11.6 Å².